The van der Waals surface area contributed by atoms with Crippen LogP contribution in [-0.2, 0) is 17.4 Å². The molecule has 0 N–H and O–H groups in total. The van der Waals surface area contributed by atoms with Gasteiger partial charge < -0.3 is 4.79 Å². The van der Waals surface area contributed by atoms with E-state index >= 15 is 0 Å². The molecular formula is C10H8F3IO. The minimum Gasteiger partial charge on any atom is -0.303 e. The summed E-state index contributed by atoms with van der Waals surface area (Å²) in [7, 11) is 0. The molecule has 0 amide bonds. The lowest BCUT2D eigenvalue weighted by Gasteiger charge is -2.13. The van der Waals surface area contributed by atoms with Gasteiger partial charge in [-0.2, -0.15) is 13.2 Å². The van der Waals surface area contributed by atoms with Gasteiger partial charge in [0.2, 0.25) is 0 Å². The molecule has 1 aromatic carbocycles. The quantitative estimate of drug-likeness (QED) is 0.614. The van der Waals surface area contributed by atoms with Gasteiger partial charge in [-0.15, -0.1) is 0 Å². The monoisotopic (exact) mass is 328 g/mol. The van der Waals surface area contributed by atoms with Gasteiger partial charge >= 0.3 is 6.18 Å². The summed E-state index contributed by atoms with van der Waals surface area (Å²) in [6, 6.07) is 4.02. The number of hydrogen-bond acceptors (Lipinski definition) is 1. The Morgan fingerprint density at radius 1 is 1.33 bits per heavy atom. The first-order valence-corrected chi connectivity index (χ1v) is 5.33. The van der Waals surface area contributed by atoms with Crippen molar-refractivity contribution in [1.82, 2.24) is 0 Å². The van der Waals surface area contributed by atoms with E-state index in [1.165, 1.54) is 6.07 Å². The van der Waals surface area contributed by atoms with Gasteiger partial charge in [-0.1, -0.05) is 6.07 Å². The third-order valence-corrected chi connectivity index (χ3v) is 2.95. The van der Waals surface area contributed by atoms with Crippen molar-refractivity contribution in [2.45, 2.75) is 19.0 Å². The fourth-order valence-electron chi connectivity index (χ4n) is 1.28. The molecule has 0 saturated heterocycles. The normalized spacial score (nSPS) is 11.5. The van der Waals surface area contributed by atoms with Gasteiger partial charge in [-0.05, 0) is 46.7 Å². The van der Waals surface area contributed by atoms with Crippen LogP contribution in [0, 0.1) is 3.57 Å². The van der Waals surface area contributed by atoms with Crippen molar-refractivity contribution in [2.75, 3.05) is 0 Å². The minimum atomic E-state index is -4.35. The van der Waals surface area contributed by atoms with Gasteiger partial charge in [0.25, 0.3) is 0 Å². The number of benzene rings is 1. The van der Waals surface area contributed by atoms with E-state index in [9.17, 15) is 18.0 Å². The average Bonchev–Trinajstić information content (AvgIpc) is 2.14. The van der Waals surface area contributed by atoms with Crippen molar-refractivity contribution in [3.63, 3.8) is 0 Å². The molecule has 0 unspecified atom stereocenters. The molecule has 5 heteroatoms. The van der Waals surface area contributed by atoms with Crippen LogP contribution in [0.3, 0.4) is 0 Å². The Labute approximate surface area is 98.8 Å². The molecule has 0 atom stereocenters. The van der Waals surface area contributed by atoms with Crippen LogP contribution in [0.5, 0.6) is 0 Å². The van der Waals surface area contributed by atoms with Crippen LogP contribution in [0.15, 0.2) is 18.2 Å². The van der Waals surface area contributed by atoms with Crippen LogP contribution in [0.2, 0.25) is 0 Å². The van der Waals surface area contributed by atoms with E-state index in [4.69, 9.17) is 0 Å². The molecule has 0 aromatic heterocycles. The molecule has 0 radical (unpaired) electrons. The zero-order valence-corrected chi connectivity index (χ0v) is 9.80. The summed E-state index contributed by atoms with van der Waals surface area (Å²) in [4.78, 5) is 10.2. The van der Waals surface area contributed by atoms with Crippen molar-refractivity contribution in [3.05, 3.63) is 32.9 Å². The summed E-state index contributed by atoms with van der Waals surface area (Å²) in [6.45, 7) is 0. The van der Waals surface area contributed by atoms with E-state index in [1.807, 2.05) is 22.6 Å². The number of halogens is 4. The molecule has 0 aliphatic heterocycles. The minimum absolute atomic E-state index is 0.114. The number of alkyl halides is 3. The second kappa shape index (κ2) is 4.96. The summed E-state index contributed by atoms with van der Waals surface area (Å²) < 4.78 is 38.2. The van der Waals surface area contributed by atoms with Crippen LogP contribution in [0.4, 0.5) is 13.2 Å². The molecule has 0 heterocycles. The highest BCUT2D eigenvalue weighted by molar-refractivity contribution is 14.1. The molecule has 0 aliphatic rings. The fourth-order valence-corrected chi connectivity index (χ4v) is 2.05. The van der Waals surface area contributed by atoms with Crippen LogP contribution in [0.1, 0.15) is 17.5 Å². The standard InChI is InChI=1S/C10H8F3IO/c11-10(12,13)8-4-1-5-9(14)7(8)3-2-6-15/h1,4-6H,2-3H2. The summed E-state index contributed by atoms with van der Waals surface area (Å²) in [5.74, 6) is 0. The largest absolute Gasteiger partial charge is 0.416 e. The van der Waals surface area contributed by atoms with Gasteiger partial charge in [0.15, 0.2) is 0 Å². The number of hydrogen-bond donors (Lipinski definition) is 0. The molecule has 1 aromatic rings. The van der Waals surface area contributed by atoms with Crippen molar-refractivity contribution < 1.29 is 18.0 Å². The molecule has 0 fully saturated rings. The molecule has 0 saturated carbocycles. The van der Waals surface area contributed by atoms with E-state index in [1.54, 1.807) is 6.07 Å². The van der Waals surface area contributed by atoms with Crippen molar-refractivity contribution in [3.8, 4) is 0 Å². The summed E-state index contributed by atoms with van der Waals surface area (Å²) in [5.41, 5.74) is -0.436. The molecule has 82 valence electrons. The number of rotatable bonds is 3. The lowest BCUT2D eigenvalue weighted by atomic mass is 10.0. The van der Waals surface area contributed by atoms with Gasteiger partial charge in [-0.25, -0.2) is 0 Å². The first kappa shape index (κ1) is 12.5. The van der Waals surface area contributed by atoms with Gasteiger partial charge in [-0.3, -0.25) is 0 Å². The first-order chi connectivity index (χ1) is 6.96. The number of carbonyl (C=O) groups excluding carboxylic acids is 1. The maximum absolute atomic E-state index is 12.6. The first-order valence-electron chi connectivity index (χ1n) is 4.25. The predicted molar refractivity (Wildman–Crippen MR) is 58.5 cm³/mol. The Bertz CT molecular complexity index is 360. The highest BCUT2D eigenvalue weighted by Gasteiger charge is 2.33. The van der Waals surface area contributed by atoms with Gasteiger partial charge in [0.1, 0.15) is 6.29 Å². The van der Waals surface area contributed by atoms with Gasteiger partial charge in [0, 0.05) is 9.99 Å². The van der Waals surface area contributed by atoms with Crippen molar-refractivity contribution in [2.24, 2.45) is 0 Å². The maximum Gasteiger partial charge on any atom is 0.416 e. The zero-order valence-electron chi connectivity index (χ0n) is 7.64. The molecular weight excluding hydrogens is 320 g/mol. The molecule has 0 aliphatic carbocycles. The fraction of sp³-hybridized carbons (Fsp3) is 0.300. The lowest BCUT2D eigenvalue weighted by molar-refractivity contribution is -0.138. The lowest BCUT2D eigenvalue weighted by Crippen LogP contribution is -2.10. The highest BCUT2D eigenvalue weighted by atomic mass is 127. The Kier molecular flexibility index (Phi) is 4.12. The average molecular weight is 328 g/mol. The van der Waals surface area contributed by atoms with E-state index < -0.39 is 11.7 Å². The zero-order chi connectivity index (χ0) is 11.5. The van der Waals surface area contributed by atoms with E-state index in [0.29, 0.717) is 9.86 Å². The van der Waals surface area contributed by atoms with Crippen molar-refractivity contribution in [1.29, 1.82) is 0 Å². The van der Waals surface area contributed by atoms with E-state index in [2.05, 4.69) is 0 Å². The predicted octanol–water partition coefficient (Wildman–Crippen LogP) is 3.44. The Balaban J connectivity index is 3.14. The molecule has 1 nitrogen and oxygen atoms in total. The summed E-state index contributed by atoms with van der Waals surface area (Å²) in [6.07, 6.45) is -3.47. The molecule has 1 rings (SSSR count). The molecule has 0 bridgehead atoms. The third kappa shape index (κ3) is 3.19. The van der Waals surface area contributed by atoms with Crippen LogP contribution in [-0.4, -0.2) is 6.29 Å². The second-order valence-corrected chi connectivity index (χ2v) is 4.13. The Morgan fingerprint density at radius 3 is 2.53 bits per heavy atom. The third-order valence-electron chi connectivity index (χ3n) is 1.94. The highest BCUT2D eigenvalue weighted by Crippen LogP contribution is 2.34. The Morgan fingerprint density at radius 2 is 2.00 bits per heavy atom. The Hall–Kier alpha value is -0.590. The SMILES string of the molecule is O=CCCc1c(I)cccc1C(F)(F)F. The van der Waals surface area contributed by atoms with Crippen LogP contribution < -0.4 is 0 Å². The van der Waals surface area contributed by atoms with Crippen molar-refractivity contribution >= 4 is 28.9 Å². The van der Waals surface area contributed by atoms with E-state index in [0.717, 1.165) is 6.07 Å². The second-order valence-electron chi connectivity index (χ2n) is 2.97. The number of aldehydes is 1. The maximum atomic E-state index is 12.6. The smallest absolute Gasteiger partial charge is 0.303 e. The van der Waals surface area contributed by atoms with Crippen LogP contribution in [0.25, 0.3) is 0 Å². The number of carbonyl (C=O) groups is 1. The summed E-state index contributed by atoms with van der Waals surface area (Å²) >= 11 is 1.85. The molecule has 15 heavy (non-hydrogen) atoms. The topological polar surface area (TPSA) is 17.1 Å². The van der Waals surface area contributed by atoms with E-state index in [-0.39, 0.29) is 18.4 Å². The molecule has 0 spiro atoms. The van der Waals surface area contributed by atoms with Gasteiger partial charge in [0.05, 0.1) is 5.56 Å². The summed E-state index contributed by atoms with van der Waals surface area (Å²) in [5, 5.41) is 0. The van der Waals surface area contributed by atoms with Crippen LogP contribution >= 0.6 is 22.6 Å².